The van der Waals surface area contributed by atoms with Crippen molar-refractivity contribution in [2.75, 3.05) is 13.1 Å². The number of nitrogens with zero attached hydrogens (tertiary/aromatic N) is 3. The number of non-ortho nitro benzene ring substituents is 1. The molecule has 18 heavy (non-hydrogen) atoms. The Morgan fingerprint density at radius 3 is 2.67 bits per heavy atom. The zero-order valence-electron chi connectivity index (χ0n) is 10.1. The highest BCUT2D eigenvalue weighted by atomic mass is 16.6. The van der Waals surface area contributed by atoms with Gasteiger partial charge in [0.2, 0.25) is 0 Å². The van der Waals surface area contributed by atoms with Gasteiger partial charge in [0.25, 0.3) is 5.69 Å². The van der Waals surface area contributed by atoms with E-state index in [0.29, 0.717) is 5.56 Å². The van der Waals surface area contributed by atoms with Gasteiger partial charge in [0.1, 0.15) is 6.04 Å². The van der Waals surface area contributed by atoms with Crippen LogP contribution in [0, 0.1) is 21.4 Å². The Morgan fingerprint density at radius 2 is 2.06 bits per heavy atom. The minimum absolute atomic E-state index is 0.0461. The van der Waals surface area contributed by atoms with Crippen LogP contribution in [0.4, 0.5) is 5.69 Å². The number of benzene rings is 1. The van der Waals surface area contributed by atoms with E-state index in [4.69, 9.17) is 0 Å². The smallest absolute Gasteiger partial charge is 0.269 e. The third-order valence-electron chi connectivity index (χ3n) is 3.27. The van der Waals surface area contributed by atoms with Crippen LogP contribution < -0.4 is 0 Å². The van der Waals surface area contributed by atoms with Crippen LogP contribution >= 0.6 is 0 Å². The number of rotatable bonds is 3. The Kier molecular flexibility index (Phi) is 3.90. The number of hydrogen-bond acceptors (Lipinski definition) is 4. The molecule has 0 spiro atoms. The monoisotopic (exact) mass is 245 g/mol. The maximum atomic E-state index is 10.7. The SMILES string of the molecule is N#CC(c1cccc([N+](=O)[O-])c1)N1CCCCC1. The number of hydrogen-bond donors (Lipinski definition) is 0. The molecule has 1 aliphatic heterocycles. The van der Waals surface area contributed by atoms with E-state index < -0.39 is 4.92 Å². The average Bonchev–Trinajstić information content (AvgIpc) is 2.41. The van der Waals surface area contributed by atoms with Crippen molar-refractivity contribution >= 4 is 5.69 Å². The number of nitro groups is 1. The first-order chi connectivity index (χ1) is 8.72. The molecule has 1 atom stereocenters. The van der Waals surface area contributed by atoms with E-state index in [1.165, 1.54) is 18.6 Å². The Balaban J connectivity index is 2.24. The van der Waals surface area contributed by atoms with Crippen LogP contribution in [0.2, 0.25) is 0 Å². The fraction of sp³-hybridized carbons (Fsp3) is 0.462. The van der Waals surface area contributed by atoms with E-state index in [1.807, 2.05) is 0 Å². The number of nitro benzene ring substituents is 1. The molecule has 0 amide bonds. The Bertz CT molecular complexity index is 475. The molecule has 5 heteroatoms. The fourth-order valence-electron chi connectivity index (χ4n) is 2.35. The first-order valence-corrected chi connectivity index (χ1v) is 6.10. The van der Waals surface area contributed by atoms with Gasteiger partial charge in [0.15, 0.2) is 0 Å². The summed E-state index contributed by atoms with van der Waals surface area (Å²) >= 11 is 0. The van der Waals surface area contributed by atoms with E-state index in [1.54, 1.807) is 12.1 Å². The maximum Gasteiger partial charge on any atom is 0.269 e. The first kappa shape index (κ1) is 12.5. The topological polar surface area (TPSA) is 70.2 Å². The molecule has 2 rings (SSSR count). The molecular weight excluding hydrogens is 230 g/mol. The molecule has 0 bridgehead atoms. The minimum atomic E-state index is -0.422. The van der Waals surface area contributed by atoms with Gasteiger partial charge < -0.3 is 0 Å². The summed E-state index contributed by atoms with van der Waals surface area (Å²) in [6.07, 6.45) is 3.38. The molecule has 1 saturated heterocycles. The Labute approximate surface area is 106 Å². The highest BCUT2D eigenvalue weighted by Gasteiger charge is 2.23. The summed E-state index contributed by atoms with van der Waals surface area (Å²) in [5.74, 6) is 0. The predicted molar refractivity (Wildman–Crippen MR) is 66.9 cm³/mol. The molecule has 5 nitrogen and oxygen atoms in total. The first-order valence-electron chi connectivity index (χ1n) is 6.10. The molecule has 1 aromatic carbocycles. The van der Waals surface area contributed by atoms with Gasteiger partial charge in [0, 0.05) is 12.1 Å². The lowest BCUT2D eigenvalue weighted by Crippen LogP contribution is -2.33. The lowest BCUT2D eigenvalue weighted by Gasteiger charge is -2.30. The molecular formula is C13H15N3O2. The Morgan fingerprint density at radius 1 is 1.33 bits per heavy atom. The molecule has 1 fully saturated rings. The van der Waals surface area contributed by atoms with E-state index in [0.717, 1.165) is 25.9 Å². The average molecular weight is 245 g/mol. The largest absolute Gasteiger partial charge is 0.284 e. The van der Waals surface area contributed by atoms with Crippen molar-refractivity contribution in [1.29, 1.82) is 5.26 Å². The zero-order valence-corrected chi connectivity index (χ0v) is 10.1. The van der Waals surface area contributed by atoms with Gasteiger partial charge in [-0.25, -0.2) is 0 Å². The van der Waals surface area contributed by atoms with Crippen molar-refractivity contribution in [3.05, 3.63) is 39.9 Å². The molecule has 1 unspecified atom stereocenters. The van der Waals surface area contributed by atoms with Crippen molar-refractivity contribution in [3.63, 3.8) is 0 Å². The Hall–Kier alpha value is -1.93. The number of likely N-dealkylation sites (tertiary alicyclic amines) is 1. The summed E-state index contributed by atoms with van der Waals surface area (Å²) in [6.45, 7) is 1.78. The summed E-state index contributed by atoms with van der Waals surface area (Å²) in [6, 6.07) is 8.27. The van der Waals surface area contributed by atoms with E-state index in [-0.39, 0.29) is 11.7 Å². The van der Waals surface area contributed by atoms with Crippen LogP contribution in [0.1, 0.15) is 30.9 Å². The second-order valence-electron chi connectivity index (χ2n) is 4.48. The molecule has 94 valence electrons. The van der Waals surface area contributed by atoms with Crippen molar-refractivity contribution in [2.45, 2.75) is 25.3 Å². The quantitative estimate of drug-likeness (QED) is 0.606. The van der Waals surface area contributed by atoms with Gasteiger partial charge >= 0.3 is 0 Å². The van der Waals surface area contributed by atoms with Gasteiger partial charge in [-0.2, -0.15) is 5.26 Å². The number of piperidine rings is 1. The minimum Gasteiger partial charge on any atom is -0.284 e. The second kappa shape index (κ2) is 5.61. The molecule has 0 N–H and O–H groups in total. The molecule has 1 aromatic rings. The lowest BCUT2D eigenvalue weighted by atomic mass is 10.0. The summed E-state index contributed by atoms with van der Waals surface area (Å²) in [5, 5.41) is 20.0. The van der Waals surface area contributed by atoms with Crippen LogP contribution in [0.3, 0.4) is 0 Å². The van der Waals surface area contributed by atoms with Crippen LogP contribution in [-0.2, 0) is 0 Å². The summed E-state index contributed by atoms with van der Waals surface area (Å²) < 4.78 is 0. The van der Waals surface area contributed by atoms with E-state index in [9.17, 15) is 15.4 Å². The fourth-order valence-corrected chi connectivity index (χ4v) is 2.35. The zero-order chi connectivity index (χ0) is 13.0. The number of nitriles is 1. The standard InChI is InChI=1S/C13H15N3O2/c14-10-13(15-7-2-1-3-8-15)11-5-4-6-12(9-11)16(17)18/h4-6,9,13H,1-3,7-8H2. The lowest BCUT2D eigenvalue weighted by molar-refractivity contribution is -0.384. The van der Waals surface area contributed by atoms with E-state index in [2.05, 4.69) is 11.0 Å². The third kappa shape index (κ3) is 2.66. The van der Waals surface area contributed by atoms with Crippen molar-refractivity contribution in [1.82, 2.24) is 4.90 Å². The molecule has 0 aliphatic carbocycles. The van der Waals surface area contributed by atoms with Crippen molar-refractivity contribution in [3.8, 4) is 6.07 Å². The maximum absolute atomic E-state index is 10.7. The normalized spacial score (nSPS) is 17.9. The van der Waals surface area contributed by atoms with Crippen LogP contribution in [0.5, 0.6) is 0 Å². The molecule has 1 heterocycles. The molecule has 0 saturated carbocycles. The van der Waals surface area contributed by atoms with Crippen LogP contribution in [-0.4, -0.2) is 22.9 Å². The van der Waals surface area contributed by atoms with E-state index >= 15 is 0 Å². The van der Waals surface area contributed by atoms with Gasteiger partial charge in [0.05, 0.1) is 11.0 Å². The van der Waals surface area contributed by atoms with Crippen molar-refractivity contribution < 1.29 is 4.92 Å². The van der Waals surface area contributed by atoms with Crippen LogP contribution in [0.15, 0.2) is 24.3 Å². The highest BCUT2D eigenvalue weighted by Crippen LogP contribution is 2.26. The van der Waals surface area contributed by atoms with Crippen LogP contribution in [0.25, 0.3) is 0 Å². The van der Waals surface area contributed by atoms with Crippen molar-refractivity contribution in [2.24, 2.45) is 0 Å². The highest BCUT2D eigenvalue weighted by molar-refractivity contribution is 5.37. The summed E-state index contributed by atoms with van der Waals surface area (Å²) in [7, 11) is 0. The van der Waals surface area contributed by atoms with Gasteiger partial charge in [-0.1, -0.05) is 18.6 Å². The van der Waals surface area contributed by atoms with Gasteiger partial charge in [-0.05, 0) is 31.5 Å². The molecule has 0 aromatic heterocycles. The predicted octanol–water partition coefficient (Wildman–Crippen LogP) is 2.65. The van der Waals surface area contributed by atoms with Gasteiger partial charge in [-0.15, -0.1) is 0 Å². The third-order valence-corrected chi connectivity index (χ3v) is 3.27. The molecule has 1 aliphatic rings. The molecule has 0 radical (unpaired) electrons. The second-order valence-corrected chi connectivity index (χ2v) is 4.48. The van der Waals surface area contributed by atoms with Gasteiger partial charge in [-0.3, -0.25) is 15.0 Å². The summed E-state index contributed by atoms with van der Waals surface area (Å²) in [4.78, 5) is 12.4. The summed E-state index contributed by atoms with van der Waals surface area (Å²) in [5.41, 5.74) is 0.762.